The lowest BCUT2D eigenvalue weighted by atomic mass is 10.1. The van der Waals surface area contributed by atoms with Crippen LogP contribution in [0.2, 0.25) is 0 Å². The van der Waals surface area contributed by atoms with Crippen LogP contribution in [0.4, 0.5) is 0 Å². The van der Waals surface area contributed by atoms with Gasteiger partial charge in [-0.25, -0.2) is 0 Å². The monoisotopic (exact) mass is 285 g/mol. The summed E-state index contributed by atoms with van der Waals surface area (Å²) in [5.74, 6) is 1.84. The van der Waals surface area contributed by atoms with Crippen LogP contribution >= 0.6 is 0 Å². The molecule has 0 saturated heterocycles. The molecule has 0 unspecified atom stereocenters. The summed E-state index contributed by atoms with van der Waals surface area (Å²) in [6.45, 7) is 4.52. The Labute approximate surface area is 126 Å². The smallest absolute Gasteiger partial charge is 0.119 e. The van der Waals surface area contributed by atoms with Crippen LogP contribution in [0.15, 0.2) is 48.5 Å². The van der Waals surface area contributed by atoms with Crippen molar-refractivity contribution in [3.05, 3.63) is 59.7 Å². The molecule has 0 atom stereocenters. The molecule has 0 aliphatic heterocycles. The highest BCUT2D eigenvalue weighted by Gasteiger charge is 1.97. The quantitative estimate of drug-likeness (QED) is 0.754. The van der Waals surface area contributed by atoms with Gasteiger partial charge in [-0.2, -0.15) is 0 Å². The van der Waals surface area contributed by atoms with Gasteiger partial charge in [-0.05, 0) is 55.3 Å². The van der Waals surface area contributed by atoms with E-state index >= 15 is 0 Å². The van der Waals surface area contributed by atoms with Gasteiger partial charge in [-0.15, -0.1) is 0 Å². The summed E-state index contributed by atoms with van der Waals surface area (Å²) in [6.07, 6.45) is 0.994. The Morgan fingerprint density at radius 1 is 0.952 bits per heavy atom. The number of rotatable bonds is 8. The van der Waals surface area contributed by atoms with Crippen molar-refractivity contribution < 1.29 is 9.47 Å². The van der Waals surface area contributed by atoms with E-state index in [0.29, 0.717) is 6.61 Å². The summed E-state index contributed by atoms with van der Waals surface area (Å²) in [4.78, 5) is 0. The molecule has 0 bridgehead atoms. The third kappa shape index (κ3) is 5.12. The number of hydrogen-bond acceptors (Lipinski definition) is 3. The van der Waals surface area contributed by atoms with Gasteiger partial charge in [0.1, 0.15) is 11.5 Å². The van der Waals surface area contributed by atoms with Gasteiger partial charge in [-0.1, -0.05) is 24.3 Å². The molecule has 3 heteroatoms. The molecule has 2 rings (SSSR count). The van der Waals surface area contributed by atoms with Crippen molar-refractivity contribution in [2.24, 2.45) is 0 Å². The number of benzene rings is 2. The molecule has 0 heterocycles. The lowest BCUT2D eigenvalue weighted by Gasteiger charge is -2.08. The molecular formula is C18H23NO2. The summed E-state index contributed by atoms with van der Waals surface area (Å²) in [5, 5.41) is 3.46. The SMILES string of the molecule is CCOc1ccc(CNCCc2cccc(OC)c2)cc1. The second-order valence-corrected chi connectivity index (χ2v) is 4.86. The van der Waals surface area contributed by atoms with Gasteiger partial charge in [0.2, 0.25) is 0 Å². The Bertz CT molecular complexity index is 537. The first-order chi connectivity index (χ1) is 10.3. The van der Waals surface area contributed by atoms with Crippen LogP contribution in [-0.4, -0.2) is 20.3 Å². The average molecular weight is 285 g/mol. The Morgan fingerprint density at radius 3 is 2.48 bits per heavy atom. The molecule has 0 saturated carbocycles. The second kappa shape index (κ2) is 8.32. The van der Waals surface area contributed by atoms with E-state index in [4.69, 9.17) is 9.47 Å². The maximum atomic E-state index is 5.43. The van der Waals surface area contributed by atoms with E-state index < -0.39 is 0 Å². The first-order valence-electron chi connectivity index (χ1n) is 7.37. The van der Waals surface area contributed by atoms with E-state index in [2.05, 4.69) is 29.6 Å². The number of nitrogens with one attached hydrogen (secondary N) is 1. The van der Waals surface area contributed by atoms with E-state index in [1.54, 1.807) is 7.11 Å². The first kappa shape index (κ1) is 15.4. The summed E-state index contributed by atoms with van der Waals surface area (Å²) >= 11 is 0. The van der Waals surface area contributed by atoms with Crippen molar-refractivity contribution in [1.82, 2.24) is 5.32 Å². The van der Waals surface area contributed by atoms with Gasteiger partial charge >= 0.3 is 0 Å². The van der Waals surface area contributed by atoms with Crippen molar-refractivity contribution in [2.75, 3.05) is 20.3 Å². The molecule has 0 amide bonds. The van der Waals surface area contributed by atoms with Crippen molar-refractivity contribution in [3.63, 3.8) is 0 Å². The molecule has 21 heavy (non-hydrogen) atoms. The second-order valence-electron chi connectivity index (χ2n) is 4.86. The van der Waals surface area contributed by atoms with Gasteiger partial charge in [-0.3, -0.25) is 0 Å². The molecule has 1 N–H and O–H groups in total. The van der Waals surface area contributed by atoms with Crippen LogP contribution in [0, 0.1) is 0 Å². The molecule has 3 nitrogen and oxygen atoms in total. The molecule has 0 aromatic heterocycles. The number of methoxy groups -OCH3 is 1. The fraction of sp³-hybridized carbons (Fsp3) is 0.333. The zero-order chi connectivity index (χ0) is 14.9. The summed E-state index contributed by atoms with van der Waals surface area (Å²) < 4.78 is 10.7. The molecule has 2 aromatic rings. The van der Waals surface area contributed by atoms with E-state index in [1.807, 2.05) is 31.2 Å². The predicted molar refractivity (Wildman–Crippen MR) is 86.0 cm³/mol. The van der Waals surface area contributed by atoms with Gasteiger partial charge in [0.25, 0.3) is 0 Å². The Balaban J connectivity index is 1.73. The molecule has 112 valence electrons. The zero-order valence-corrected chi connectivity index (χ0v) is 12.8. The van der Waals surface area contributed by atoms with Gasteiger partial charge in [0.05, 0.1) is 13.7 Å². The van der Waals surface area contributed by atoms with Gasteiger partial charge in [0, 0.05) is 6.54 Å². The summed E-state index contributed by atoms with van der Waals surface area (Å²) in [7, 11) is 1.70. The molecule has 0 spiro atoms. The normalized spacial score (nSPS) is 10.4. The maximum absolute atomic E-state index is 5.43. The van der Waals surface area contributed by atoms with Gasteiger partial charge in [0.15, 0.2) is 0 Å². The van der Waals surface area contributed by atoms with Crippen LogP contribution in [0.25, 0.3) is 0 Å². The van der Waals surface area contributed by atoms with E-state index in [1.165, 1.54) is 11.1 Å². The first-order valence-corrected chi connectivity index (χ1v) is 7.37. The highest BCUT2D eigenvalue weighted by atomic mass is 16.5. The fourth-order valence-corrected chi connectivity index (χ4v) is 2.16. The summed E-state index contributed by atoms with van der Waals surface area (Å²) in [6, 6.07) is 16.4. The third-order valence-corrected chi connectivity index (χ3v) is 3.29. The average Bonchev–Trinajstić information content (AvgIpc) is 2.53. The van der Waals surface area contributed by atoms with Crippen LogP contribution in [0.3, 0.4) is 0 Å². The number of hydrogen-bond donors (Lipinski definition) is 1. The standard InChI is InChI=1S/C18H23NO2/c1-3-21-17-9-7-16(8-10-17)14-19-12-11-15-5-4-6-18(13-15)20-2/h4-10,13,19H,3,11-12,14H2,1-2H3. The fourth-order valence-electron chi connectivity index (χ4n) is 2.16. The van der Waals surface area contributed by atoms with Crippen molar-refractivity contribution in [3.8, 4) is 11.5 Å². The van der Waals surface area contributed by atoms with Crippen LogP contribution in [0.1, 0.15) is 18.1 Å². The van der Waals surface area contributed by atoms with E-state index in [-0.39, 0.29) is 0 Å². The Morgan fingerprint density at radius 2 is 1.76 bits per heavy atom. The van der Waals surface area contributed by atoms with Gasteiger partial charge < -0.3 is 14.8 Å². The highest BCUT2D eigenvalue weighted by Crippen LogP contribution is 2.13. The predicted octanol–water partition coefficient (Wildman–Crippen LogP) is 3.43. The lowest BCUT2D eigenvalue weighted by molar-refractivity contribution is 0.340. The topological polar surface area (TPSA) is 30.5 Å². The molecule has 0 aliphatic rings. The molecular weight excluding hydrogens is 262 g/mol. The minimum atomic E-state index is 0.706. The van der Waals surface area contributed by atoms with Crippen LogP contribution in [-0.2, 0) is 13.0 Å². The Hall–Kier alpha value is -2.00. The largest absolute Gasteiger partial charge is 0.497 e. The van der Waals surface area contributed by atoms with E-state index in [0.717, 1.165) is 31.0 Å². The van der Waals surface area contributed by atoms with Crippen molar-refractivity contribution in [2.45, 2.75) is 19.9 Å². The molecule has 0 fully saturated rings. The highest BCUT2D eigenvalue weighted by molar-refractivity contribution is 5.29. The van der Waals surface area contributed by atoms with Crippen molar-refractivity contribution >= 4 is 0 Å². The minimum absolute atomic E-state index is 0.706. The molecule has 2 aromatic carbocycles. The number of ether oxygens (including phenoxy) is 2. The summed E-state index contributed by atoms with van der Waals surface area (Å²) in [5.41, 5.74) is 2.55. The molecule has 0 radical (unpaired) electrons. The minimum Gasteiger partial charge on any atom is -0.497 e. The van der Waals surface area contributed by atoms with Crippen LogP contribution < -0.4 is 14.8 Å². The third-order valence-electron chi connectivity index (χ3n) is 3.29. The van der Waals surface area contributed by atoms with Crippen molar-refractivity contribution in [1.29, 1.82) is 0 Å². The molecule has 0 aliphatic carbocycles. The van der Waals surface area contributed by atoms with E-state index in [9.17, 15) is 0 Å². The van der Waals surface area contributed by atoms with Crippen LogP contribution in [0.5, 0.6) is 11.5 Å². The lowest BCUT2D eigenvalue weighted by Crippen LogP contribution is -2.16. The maximum Gasteiger partial charge on any atom is 0.119 e. The Kier molecular flexibility index (Phi) is 6.10. The zero-order valence-electron chi connectivity index (χ0n) is 12.8.